The molecule has 4 heteroatoms. The fourth-order valence-electron chi connectivity index (χ4n) is 2.36. The van der Waals surface area contributed by atoms with E-state index in [0.29, 0.717) is 25.1 Å². The maximum absolute atomic E-state index is 14.2. The zero-order chi connectivity index (χ0) is 15.1. The second-order valence-electron chi connectivity index (χ2n) is 5.27. The Morgan fingerprint density at radius 2 is 1.55 bits per heavy atom. The summed E-state index contributed by atoms with van der Waals surface area (Å²) in [6.45, 7) is 7.31. The fourth-order valence-corrected chi connectivity index (χ4v) is 2.36. The lowest BCUT2D eigenvalue weighted by atomic mass is 10.0. The number of benzene rings is 1. The van der Waals surface area contributed by atoms with Crippen molar-refractivity contribution in [1.82, 2.24) is 0 Å². The van der Waals surface area contributed by atoms with Crippen LogP contribution >= 0.6 is 0 Å². The van der Waals surface area contributed by atoms with Gasteiger partial charge in [0.1, 0.15) is 17.3 Å². The minimum atomic E-state index is -0.481. The highest BCUT2D eigenvalue weighted by Crippen LogP contribution is 2.26. The number of halogens is 2. The Labute approximate surface area is 121 Å². The monoisotopic (exact) mass is 284 g/mol. The Morgan fingerprint density at radius 3 is 1.95 bits per heavy atom. The molecule has 0 radical (unpaired) electrons. The van der Waals surface area contributed by atoms with Crippen LogP contribution in [-0.2, 0) is 6.42 Å². The van der Waals surface area contributed by atoms with Gasteiger partial charge in [0.25, 0.3) is 0 Å². The molecule has 20 heavy (non-hydrogen) atoms. The molecular weight excluding hydrogens is 258 g/mol. The average Bonchev–Trinajstić information content (AvgIpc) is 2.38. The highest BCUT2D eigenvalue weighted by atomic mass is 19.1. The third-order valence-electron chi connectivity index (χ3n) is 3.40. The second-order valence-corrected chi connectivity index (χ2v) is 5.27. The van der Waals surface area contributed by atoms with Crippen molar-refractivity contribution in [3.05, 3.63) is 29.3 Å². The van der Waals surface area contributed by atoms with Crippen molar-refractivity contribution in [3.63, 3.8) is 0 Å². The number of hydrogen-bond donors (Lipinski definition) is 1. The highest BCUT2D eigenvalue weighted by molar-refractivity contribution is 5.50. The first kappa shape index (κ1) is 16.9. The number of nitrogens with two attached hydrogens (primary N) is 1. The van der Waals surface area contributed by atoms with Gasteiger partial charge in [0.15, 0.2) is 0 Å². The third kappa shape index (κ3) is 4.44. The minimum absolute atomic E-state index is 0.0537. The highest BCUT2D eigenvalue weighted by Gasteiger charge is 2.17. The molecule has 1 rings (SSSR count). The van der Waals surface area contributed by atoms with Crippen LogP contribution in [0.1, 0.15) is 45.6 Å². The second kappa shape index (κ2) is 8.20. The van der Waals surface area contributed by atoms with Gasteiger partial charge in [-0.05, 0) is 43.4 Å². The molecule has 1 aromatic rings. The molecule has 1 aromatic carbocycles. The summed E-state index contributed by atoms with van der Waals surface area (Å²) in [5.74, 6) is -0.963. The lowest BCUT2D eigenvalue weighted by Gasteiger charge is -2.25. The van der Waals surface area contributed by atoms with Crippen molar-refractivity contribution >= 4 is 5.69 Å². The van der Waals surface area contributed by atoms with Crippen LogP contribution in [0.25, 0.3) is 0 Å². The SMILES string of the molecule is CCCN(CCC)c1c(F)cc(CC(N)CC)cc1F. The van der Waals surface area contributed by atoms with Gasteiger partial charge < -0.3 is 10.6 Å². The molecule has 0 heterocycles. The Kier molecular flexibility index (Phi) is 6.93. The van der Waals surface area contributed by atoms with Gasteiger partial charge in [0, 0.05) is 19.1 Å². The van der Waals surface area contributed by atoms with E-state index in [2.05, 4.69) is 0 Å². The molecule has 0 amide bonds. The van der Waals surface area contributed by atoms with Crippen LogP contribution in [0.5, 0.6) is 0 Å². The molecule has 0 aliphatic carbocycles. The van der Waals surface area contributed by atoms with Gasteiger partial charge in [0.05, 0.1) is 0 Å². The summed E-state index contributed by atoms with van der Waals surface area (Å²) in [7, 11) is 0. The van der Waals surface area contributed by atoms with Crippen LogP contribution in [0.15, 0.2) is 12.1 Å². The van der Waals surface area contributed by atoms with E-state index in [1.807, 2.05) is 20.8 Å². The van der Waals surface area contributed by atoms with Crippen LogP contribution < -0.4 is 10.6 Å². The molecule has 1 atom stereocenters. The zero-order valence-electron chi connectivity index (χ0n) is 12.8. The lowest BCUT2D eigenvalue weighted by Crippen LogP contribution is -2.27. The van der Waals surface area contributed by atoms with Gasteiger partial charge in [-0.2, -0.15) is 0 Å². The van der Waals surface area contributed by atoms with Gasteiger partial charge in [0.2, 0.25) is 0 Å². The molecule has 2 nitrogen and oxygen atoms in total. The van der Waals surface area contributed by atoms with Crippen LogP contribution in [-0.4, -0.2) is 19.1 Å². The van der Waals surface area contributed by atoms with E-state index >= 15 is 0 Å². The molecular formula is C16H26F2N2. The first-order chi connectivity index (χ1) is 9.53. The lowest BCUT2D eigenvalue weighted by molar-refractivity contribution is 0.559. The summed E-state index contributed by atoms with van der Waals surface area (Å²) in [4.78, 5) is 1.79. The van der Waals surface area contributed by atoms with Gasteiger partial charge in [-0.15, -0.1) is 0 Å². The molecule has 0 spiro atoms. The first-order valence-electron chi connectivity index (χ1n) is 7.51. The van der Waals surface area contributed by atoms with Crippen molar-refractivity contribution in [3.8, 4) is 0 Å². The number of hydrogen-bond acceptors (Lipinski definition) is 2. The summed E-state index contributed by atoms with van der Waals surface area (Å²) in [6.07, 6.45) is 3.03. The molecule has 0 aliphatic rings. The summed E-state index contributed by atoms with van der Waals surface area (Å²) in [5, 5.41) is 0. The van der Waals surface area contributed by atoms with Crippen LogP contribution in [0.4, 0.5) is 14.5 Å². The molecule has 2 N–H and O–H groups in total. The Bertz CT molecular complexity index is 392. The molecule has 114 valence electrons. The van der Waals surface area contributed by atoms with E-state index in [1.165, 1.54) is 12.1 Å². The van der Waals surface area contributed by atoms with Crippen molar-refractivity contribution in [2.24, 2.45) is 5.73 Å². The van der Waals surface area contributed by atoms with Crippen LogP contribution in [0, 0.1) is 11.6 Å². The van der Waals surface area contributed by atoms with E-state index < -0.39 is 11.6 Å². The fraction of sp³-hybridized carbons (Fsp3) is 0.625. The van der Waals surface area contributed by atoms with E-state index in [4.69, 9.17) is 5.73 Å². The minimum Gasteiger partial charge on any atom is -0.367 e. The largest absolute Gasteiger partial charge is 0.367 e. The van der Waals surface area contributed by atoms with Crippen molar-refractivity contribution in [2.75, 3.05) is 18.0 Å². The van der Waals surface area contributed by atoms with Crippen molar-refractivity contribution in [1.29, 1.82) is 0 Å². The van der Waals surface area contributed by atoms with Gasteiger partial charge >= 0.3 is 0 Å². The molecule has 1 unspecified atom stereocenters. The maximum Gasteiger partial charge on any atom is 0.149 e. The number of nitrogens with zero attached hydrogens (tertiary/aromatic N) is 1. The predicted octanol–water partition coefficient (Wildman–Crippen LogP) is 3.87. The van der Waals surface area contributed by atoms with Crippen molar-refractivity contribution in [2.45, 2.75) is 52.5 Å². The predicted molar refractivity (Wildman–Crippen MR) is 81.1 cm³/mol. The quantitative estimate of drug-likeness (QED) is 0.785. The smallest absolute Gasteiger partial charge is 0.149 e. The van der Waals surface area contributed by atoms with Crippen LogP contribution in [0.3, 0.4) is 0 Å². The summed E-state index contributed by atoms with van der Waals surface area (Å²) < 4.78 is 28.5. The molecule has 0 aromatic heterocycles. The van der Waals surface area contributed by atoms with E-state index in [0.717, 1.165) is 19.3 Å². The van der Waals surface area contributed by atoms with E-state index in [1.54, 1.807) is 4.90 Å². The van der Waals surface area contributed by atoms with Gasteiger partial charge in [-0.25, -0.2) is 8.78 Å². The zero-order valence-corrected chi connectivity index (χ0v) is 12.8. The average molecular weight is 284 g/mol. The first-order valence-corrected chi connectivity index (χ1v) is 7.51. The maximum atomic E-state index is 14.2. The van der Waals surface area contributed by atoms with Crippen LogP contribution in [0.2, 0.25) is 0 Å². The van der Waals surface area contributed by atoms with Gasteiger partial charge in [-0.3, -0.25) is 0 Å². The van der Waals surface area contributed by atoms with E-state index in [-0.39, 0.29) is 11.7 Å². The Hall–Kier alpha value is -1.16. The third-order valence-corrected chi connectivity index (χ3v) is 3.40. The molecule has 0 fully saturated rings. The topological polar surface area (TPSA) is 29.3 Å². The molecule has 0 saturated carbocycles. The Balaban J connectivity index is 3.03. The molecule has 0 bridgehead atoms. The summed E-state index contributed by atoms with van der Waals surface area (Å²) in [6, 6.07) is 2.79. The number of rotatable bonds is 8. The summed E-state index contributed by atoms with van der Waals surface area (Å²) >= 11 is 0. The standard InChI is InChI=1S/C16H26F2N2/c1-4-7-20(8-5-2)16-14(17)10-12(11-15(16)18)9-13(19)6-3/h10-11,13H,4-9,19H2,1-3H3. The summed E-state index contributed by atoms with van der Waals surface area (Å²) in [5.41, 5.74) is 6.57. The molecule has 0 saturated heterocycles. The van der Waals surface area contributed by atoms with Crippen molar-refractivity contribution < 1.29 is 8.78 Å². The number of anilines is 1. The van der Waals surface area contributed by atoms with E-state index in [9.17, 15) is 8.78 Å². The van der Waals surface area contributed by atoms with Gasteiger partial charge in [-0.1, -0.05) is 20.8 Å². The Morgan fingerprint density at radius 1 is 1.05 bits per heavy atom. The molecule has 0 aliphatic heterocycles. The normalized spacial score (nSPS) is 12.5.